The third-order valence-electron chi connectivity index (χ3n) is 4.25. The minimum absolute atomic E-state index is 0.0885. The van der Waals surface area contributed by atoms with Gasteiger partial charge in [-0.25, -0.2) is 0 Å². The fraction of sp³-hybridized carbons (Fsp3) is 0.929. The van der Waals surface area contributed by atoms with Crippen LogP contribution in [0.25, 0.3) is 0 Å². The molecule has 1 aliphatic carbocycles. The van der Waals surface area contributed by atoms with E-state index < -0.39 is 0 Å². The Morgan fingerprint density at radius 3 is 1.94 bits per heavy atom. The Balaban J connectivity index is 2.24. The number of rotatable bonds is 2. The van der Waals surface area contributed by atoms with Crippen LogP contribution in [0.5, 0.6) is 0 Å². The van der Waals surface area contributed by atoms with Crippen molar-refractivity contribution in [3.8, 4) is 0 Å². The van der Waals surface area contributed by atoms with Gasteiger partial charge < -0.3 is 0 Å². The Morgan fingerprint density at radius 2 is 1.50 bits per heavy atom. The molecule has 0 aromatic carbocycles. The number of Topliss-reactive ketones (excluding diaryl/α,β-unsaturated/α-hetero) is 1. The molecule has 1 saturated carbocycles. The molecule has 2 nitrogen and oxygen atoms in total. The van der Waals surface area contributed by atoms with Crippen molar-refractivity contribution in [2.75, 3.05) is 13.1 Å². The maximum Gasteiger partial charge on any atom is 0.158 e. The Labute approximate surface area is 99.4 Å². The summed E-state index contributed by atoms with van der Waals surface area (Å²) in [4.78, 5) is 15.2. The first kappa shape index (κ1) is 12.1. The number of carbonyl (C=O) groups excluding carboxylic acids is 1. The molecule has 0 radical (unpaired) electrons. The lowest BCUT2D eigenvalue weighted by molar-refractivity contribution is -0.138. The van der Waals surface area contributed by atoms with Crippen molar-refractivity contribution in [2.24, 2.45) is 5.41 Å². The van der Waals surface area contributed by atoms with Crippen LogP contribution in [0.1, 0.15) is 59.3 Å². The Morgan fingerprint density at radius 1 is 1.00 bits per heavy atom. The highest BCUT2D eigenvalue weighted by Crippen LogP contribution is 2.42. The van der Waals surface area contributed by atoms with Crippen molar-refractivity contribution in [1.29, 1.82) is 0 Å². The second kappa shape index (κ2) is 4.14. The van der Waals surface area contributed by atoms with Crippen molar-refractivity contribution in [2.45, 2.75) is 64.8 Å². The Hall–Kier alpha value is -0.370. The molecule has 1 heterocycles. The molecular formula is C14H25NO. The predicted molar refractivity (Wildman–Crippen MR) is 66.5 cm³/mol. The summed E-state index contributed by atoms with van der Waals surface area (Å²) in [6.07, 6.45) is 7.22. The minimum Gasteiger partial charge on any atom is -0.297 e. The van der Waals surface area contributed by atoms with Crippen LogP contribution in [0.4, 0.5) is 0 Å². The minimum atomic E-state index is -0.188. The molecule has 0 N–H and O–H groups in total. The van der Waals surface area contributed by atoms with Crippen LogP contribution in [0, 0.1) is 5.41 Å². The van der Waals surface area contributed by atoms with Gasteiger partial charge in [-0.1, -0.05) is 33.6 Å². The van der Waals surface area contributed by atoms with E-state index in [4.69, 9.17) is 0 Å². The standard InChI is InChI=1S/C14H25NO/c1-13(2,3)12(16)14(8-4-5-9-14)15-10-6-7-11-15/h4-11H2,1-3H3. The molecule has 2 fully saturated rings. The molecule has 92 valence electrons. The Bertz CT molecular complexity index is 265. The largest absolute Gasteiger partial charge is 0.297 e. The summed E-state index contributed by atoms with van der Waals surface area (Å²) >= 11 is 0. The van der Waals surface area contributed by atoms with Crippen LogP contribution in [0.2, 0.25) is 0 Å². The zero-order chi connectivity index (χ0) is 11.8. The lowest BCUT2D eigenvalue weighted by atomic mass is 9.76. The first-order valence-corrected chi connectivity index (χ1v) is 6.77. The van der Waals surface area contributed by atoms with Crippen LogP contribution in [0.3, 0.4) is 0 Å². The van der Waals surface area contributed by atoms with Crippen LogP contribution in [0.15, 0.2) is 0 Å². The lowest BCUT2D eigenvalue weighted by Crippen LogP contribution is -2.55. The molecule has 16 heavy (non-hydrogen) atoms. The first-order chi connectivity index (χ1) is 7.47. The van der Waals surface area contributed by atoms with Crippen molar-refractivity contribution in [3.05, 3.63) is 0 Å². The van der Waals surface area contributed by atoms with Crippen molar-refractivity contribution < 1.29 is 4.79 Å². The van der Waals surface area contributed by atoms with Gasteiger partial charge in [-0.05, 0) is 38.8 Å². The van der Waals surface area contributed by atoms with Gasteiger partial charge in [0.05, 0.1) is 5.54 Å². The van der Waals surface area contributed by atoms with Gasteiger partial charge in [0.15, 0.2) is 5.78 Å². The van der Waals surface area contributed by atoms with E-state index in [1.165, 1.54) is 25.7 Å². The number of hydrogen-bond donors (Lipinski definition) is 0. The van der Waals surface area contributed by atoms with Crippen molar-refractivity contribution in [1.82, 2.24) is 4.90 Å². The van der Waals surface area contributed by atoms with Gasteiger partial charge in [0, 0.05) is 5.41 Å². The van der Waals surface area contributed by atoms with E-state index in [1.807, 2.05) is 0 Å². The second-order valence-electron chi connectivity index (χ2n) is 6.51. The highest BCUT2D eigenvalue weighted by Gasteiger charge is 2.49. The molecule has 0 spiro atoms. The predicted octanol–water partition coefficient (Wildman–Crippen LogP) is 3.01. The molecule has 0 unspecified atom stereocenters. The molecule has 0 atom stereocenters. The summed E-state index contributed by atoms with van der Waals surface area (Å²) in [6, 6.07) is 0. The lowest BCUT2D eigenvalue weighted by Gasteiger charge is -2.41. The van der Waals surface area contributed by atoms with Crippen LogP contribution >= 0.6 is 0 Å². The molecule has 0 amide bonds. The summed E-state index contributed by atoms with van der Waals surface area (Å²) in [7, 11) is 0. The average molecular weight is 223 g/mol. The molecule has 1 aliphatic heterocycles. The van der Waals surface area contributed by atoms with E-state index in [2.05, 4.69) is 25.7 Å². The molecule has 2 aliphatic rings. The van der Waals surface area contributed by atoms with Crippen molar-refractivity contribution in [3.63, 3.8) is 0 Å². The third-order valence-corrected chi connectivity index (χ3v) is 4.25. The number of likely N-dealkylation sites (tertiary alicyclic amines) is 1. The molecule has 0 bridgehead atoms. The molecular weight excluding hydrogens is 198 g/mol. The highest BCUT2D eigenvalue weighted by molar-refractivity contribution is 5.93. The highest BCUT2D eigenvalue weighted by atomic mass is 16.1. The van der Waals surface area contributed by atoms with Crippen molar-refractivity contribution >= 4 is 5.78 Å². The molecule has 2 heteroatoms. The van der Waals surface area contributed by atoms with Gasteiger partial charge in [0.25, 0.3) is 0 Å². The zero-order valence-corrected chi connectivity index (χ0v) is 11.0. The van der Waals surface area contributed by atoms with Gasteiger partial charge in [-0.2, -0.15) is 0 Å². The topological polar surface area (TPSA) is 20.3 Å². The SMILES string of the molecule is CC(C)(C)C(=O)C1(N2CCCC2)CCCC1. The van der Waals surface area contributed by atoms with E-state index in [-0.39, 0.29) is 11.0 Å². The third kappa shape index (κ3) is 1.92. The molecule has 2 rings (SSSR count). The molecule has 0 aromatic rings. The quantitative estimate of drug-likeness (QED) is 0.717. The van der Waals surface area contributed by atoms with Gasteiger partial charge in [0.1, 0.15) is 0 Å². The van der Waals surface area contributed by atoms with Gasteiger partial charge in [-0.3, -0.25) is 9.69 Å². The van der Waals surface area contributed by atoms with Gasteiger partial charge in [0.2, 0.25) is 0 Å². The maximum atomic E-state index is 12.7. The monoisotopic (exact) mass is 223 g/mol. The van der Waals surface area contributed by atoms with E-state index in [1.54, 1.807) is 0 Å². The molecule has 0 aromatic heterocycles. The van der Waals surface area contributed by atoms with E-state index >= 15 is 0 Å². The van der Waals surface area contributed by atoms with Crippen LogP contribution < -0.4 is 0 Å². The summed E-state index contributed by atoms with van der Waals surface area (Å²) in [6.45, 7) is 8.51. The van der Waals surface area contributed by atoms with E-state index in [9.17, 15) is 4.79 Å². The smallest absolute Gasteiger partial charge is 0.158 e. The van der Waals surface area contributed by atoms with Gasteiger partial charge >= 0.3 is 0 Å². The number of nitrogens with zero attached hydrogens (tertiary/aromatic N) is 1. The number of ketones is 1. The fourth-order valence-electron chi connectivity index (χ4n) is 3.49. The van der Waals surface area contributed by atoms with Crippen LogP contribution in [-0.4, -0.2) is 29.3 Å². The summed E-state index contributed by atoms with van der Waals surface area (Å²) in [5.74, 6) is 0.486. The molecule has 1 saturated heterocycles. The Kier molecular flexibility index (Phi) is 3.13. The summed E-state index contributed by atoms with van der Waals surface area (Å²) < 4.78 is 0. The van der Waals surface area contributed by atoms with Gasteiger partial charge in [-0.15, -0.1) is 0 Å². The number of carbonyl (C=O) groups is 1. The summed E-state index contributed by atoms with van der Waals surface area (Å²) in [5, 5.41) is 0. The average Bonchev–Trinajstić information content (AvgIpc) is 2.86. The summed E-state index contributed by atoms with van der Waals surface area (Å²) in [5.41, 5.74) is -0.276. The van der Waals surface area contributed by atoms with Crippen LogP contribution in [-0.2, 0) is 4.79 Å². The first-order valence-electron chi connectivity index (χ1n) is 6.77. The zero-order valence-electron chi connectivity index (χ0n) is 11.0. The fourth-order valence-corrected chi connectivity index (χ4v) is 3.49. The normalized spacial score (nSPS) is 26.2. The number of hydrogen-bond acceptors (Lipinski definition) is 2. The van der Waals surface area contributed by atoms with E-state index in [0.717, 1.165) is 25.9 Å². The second-order valence-corrected chi connectivity index (χ2v) is 6.51. The van der Waals surface area contributed by atoms with E-state index in [0.29, 0.717) is 5.78 Å². The maximum absolute atomic E-state index is 12.7.